The van der Waals surface area contributed by atoms with Crippen molar-refractivity contribution < 1.29 is 4.79 Å². The van der Waals surface area contributed by atoms with Crippen molar-refractivity contribution in [1.82, 2.24) is 19.7 Å². The van der Waals surface area contributed by atoms with E-state index in [4.69, 9.17) is 0 Å². The minimum absolute atomic E-state index is 0.134. The first-order chi connectivity index (χ1) is 13.2. The van der Waals surface area contributed by atoms with Crippen molar-refractivity contribution in [2.24, 2.45) is 0 Å². The van der Waals surface area contributed by atoms with E-state index in [1.165, 1.54) is 32.1 Å². The zero-order chi connectivity index (χ0) is 18.8. The summed E-state index contributed by atoms with van der Waals surface area (Å²) in [6.45, 7) is 4.92. The molecule has 2 saturated carbocycles. The zero-order valence-corrected chi connectivity index (χ0v) is 17.8. The van der Waals surface area contributed by atoms with E-state index in [2.05, 4.69) is 38.0 Å². The van der Waals surface area contributed by atoms with Crippen LogP contribution >= 0.6 is 23.1 Å². The Balaban J connectivity index is 1.50. The highest BCUT2D eigenvalue weighted by Crippen LogP contribution is 2.42. The lowest BCUT2D eigenvalue weighted by Crippen LogP contribution is -2.44. The van der Waals surface area contributed by atoms with Gasteiger partial charge in [-0.25, -0.2) is 0 Å². The van der Waals surface area contributed by atoms with E-state index in [1.54, 1.807) is 23.1 Å². The standard InChI is InChI=1S/C20H28N4OS2/c1-3-23(15-8-5-4-6-9-15)19(25)14(2)27-20-22-21-18(17-10-7-13-26-17)24(20)16-11-12-16/h7,10,13-16H,3-6,8-9,11-12H2,1-2H3/t14-/m0/s1. The highest BCUT2D eigenvalue weighted by molar-refractivity contribution is 8.00. The fraction of sp³-hybridized carbons (Fsp3) is 0.650. The molecule has 2 aromatic heterocycles. The molecule has 0 aliphatic heterocycles. The molecule has 0 saturated heterocycles. The Hall–Kier alpha value is -1.34. The molecule has 2 aromatic rings. The second kappa shape index (κ2) is 8.35. The topological polar surface area (TPSA) is 51.0 Å². The number of aromatic nitrogens is 3. The lowest BCUT2D eigenvalue weighted by atomic mass is 9.94. The van der Waals surface area contributed by atoms with Gasteiger partial charge in [-0.15, -0.1) is 21.5 Å². The van der Waals surface area contributed by atoms with Crippen LogP contribution in [0, 0.1) is 0 Å². The van der Waals surface area contributed by atoms with Gasteiger partial charge in [-0.05, 0) is 51.0 Å². The zero-order valence-electron chi connectivity index (χ0n) is 16.1. The Morgan fingerprint density at radius 3 is 2.70 bits per heavy atom. The highest BCUT2D eigenvalue weighted by Gasteiger charge is 2.33. The van der Waals surface area contributed by atoms with Crippen LogP contribution < -0.4 is 0 Å². The van der Waals surface area contributed by atoms with Crippen molar-refractivity contribution >= 4 is 29.0 Å². The van der Waals surface area contributed by atoms with Gasteiger partial charge in [-0.3, -0.25) is 9.36 Å². The molecule has 146 valence electrons. The molecule has 2 aliphatic rings. The Bertz CT molecular complexity index is 763. The first-order valence-electron chi connectivity index (χ1n) is 10.1. The van der Waals surface area contributed by atoms with Gasteiger partial charge < -0.3 is 4.90 Å². The average molecular weight is 405 g/mol. The number of hydrogen-bond donors (Lipinski definition) is 0. The van der Waals surface area contributed by atoms with Gasteiger partial charge in [0.25, 0.3) is 0 Å². The maximum Gasteiger partial charge on any atom is 0.236 e. The molecule has 7 heteroatoms. The van der Waals surface area contributed by atoms with Crippen LogP contribution in [-0.2, 0) is 4.79 Å². The lowest BCUT2D eigenvalue weighted by molar-refractivity contribution is -0.133. The number of carbonyl (C=O) groups excluding carboxylic acids is 1. The molecule has 0 N–H and O–H groups in total. The molecule has 0 unspecified atom stereocenters. The van der Waals surface area contributed by atoms with Crippen LogP contribution in [0.15, 0.2) is 22.7 Å². The molecule has 0 bridgehead atoms. The summed E-state index contributed by atoms with van der Waals surface area (Å²) in [7, 11) is 0. The van der Waals surface area contributed by atoms with Gasteiger partial charge >= 0.3 is 0 Å². The first-order valence-corrected chi connectivity index (χ1v) is 11.9. The van der Waals surface area contributed by atoms with Crippen LogP contribution in [0.1, 0.15) is 64.8 Å². The van der Waals surface area contributed by atoms with Crippen molar-refractivity contribution in [3.63, 3.8) is 0 Å². The van der Waals surface area contributed by atoms with Gasteiger partial charge in [0.1, 0.15) is 0 Å². The van der Waals surface area contributed by atoms with E-state index in [9.17, 15) is 4.79 Å². The number of amides is 1. The van der Waals surface area contributed by atoms with Crippen LogP contribution in [0.5, 0.6) is 0 Å². The summed E-state index contributed by atoms with van der Waals surface area (Å²) in [6, 6.07) is 5.05. The van der Waals surface area contributed by atoms with Crippen LogP contribution in [-0.4, -0.2) is 43.4 Å². The van der Waals surface area contributed by atoms with Crippen LogP contribution in [0.2, 0.25) is 0 Å². The van der Waals surface area contributed by atoms with Crippen molar-refractivity contribution in [1.29, 1.82) is 0 Å². The predicted molar refractivity (Wildman–Crippen MR) is 111 cm³/mol. The van der Waals surface area contributed by atoms with E-state index in [0.29, 0.717) is 12.1 Å². The fourth-order valence-corrected chi connectivity index (χ4v) is 5.72. The molecule has 2 fully saturated rings. The van der Waals surface area contributed by atoms with E-state index >= 15 is 0 Å². The van der Waals surface area contributed by atoms with Gasteiger partial charge in [0.15, 0.2) is 11.0 Å². The normalized spacial score (nSPS) is 19.2. The summed E-state index contributed by atoms with van der Waals surface area (Å²) in [5.41, 5.74) is 0. The Labute approximate surface area is 169 Å². The van der Waals surface area contributed by atoms with Crippen LogP contribution in [0.25, 0.3) is 10.7 Å². The Morgan fingerprint density at radius 1 is 1.30 bits per heavy atom. The minimum atomic E-state index is -0.134. The molecule has 1 amide bonds. The van der Waals surface area contributed by atoms with E-state index in [1.807, 2.05) is 13.0 Å². The largest absolute Gasteiger partial charge is 0.339 e. The first kappa shape index (κ1) is 19.0. The molecule has 0 aromatic carbocycles. The second-order valence-electron chi connectivity index (χ2n) is 7.56. The smallest absolute Gasteiger partial charge is 0.236 e. The minimum Gasteiger partial charge on any atom is -0.339 e. The SMILES string of the molecule is CCN(C(=O)[C@H](C)Sc1nnc(-c2cccs2)n1C1CC1)C1CCCCC1. The predicted octanol–water partition coefficient (Wildman–Crippen LogP) is 5.00. The van der Waals surface area contributed by atoms with E-state index < -0.39 is 0 Å². The van der Waals surface area contributed by atoms with Crippen molar-refractivity contribution in [2.45, 2.75) is 81.3 Å². The second-order valence-corrected chi connectivity index (χ2v) is 9.82. The molecule has 0 radical (unpaired) electrons. The summed E-state index contributed by atoms with van der Waals surface area (Å²) in [5, 5.41) is 11.8. The highest BCUT2D eigenvalue weighted by atomic mass is 32.2. The van der Waals surface area contributed by atoms with Gasteiger partial charge in [-0.2, -0.15) is 0 Å². The summed E-state index contributed by atoms with van der Waals surface area (Å²) >= 11 is 3.27. The molecular formula is C20H28N4OS2. The summed E-state index contributed by atoms with van der Waals surface area (Å²) < 4.78 is 2.26. The van der Waals surface area contributed by atoms with E-state index in [0.717, 1.165) is 35.2 Å². The maximum atomic E-state index is 13.2. The van der Waals surface area contributed by atoms with Crippen molar-refractivity contribution in [2.75, 3.05) is 6.54 Å². The van der Waals surface area contributed by atoms with Gasteiger partial charge in [0.05, 0.1) is 10.1 Å². The van der Waals surface area contributed by atoms with E-state index in [-0.39, 0.29) is 11.2 Å². The van der Waals surface area contributed by atoms with Crippen molar-refractivity contribution in [3.05, 3.63) is 17.5 Å². The lowest BCUT2D eigenvalue weighted by Gasteiger charge is -2.35. The van der Waals surface area contributed by atoms with Crippen LogP contribution in [0.4, 0.5) is 0 Å². The molecule has 4 rings (SSSR count). The maximum absolute atomic E-state index is 13.2. The number of hydrogen-bond acceptors (Lipinski definition) is 5. The number of rotatable bonds is 7. The third kappa shape index (κ3) is 4.09. The summed E-state index contributed by atoms with van der Waals surface area (Å²) in [4.78, 5) is 16.4. The third-order valence-corrected chi connectivity index (χ3v) is 7.50. The third-order valence-electron chi connectivity index (χ3n) is 5.59. The number of thiophene rings is 1. The van der Waals surface area contributed by atoms with Gasteiger partial charge in [-0.1, -0.05) is 37.1 Å². The average Bonchev–Trinajstić information content (AvgIpc) is 3.21. The van der Waals surface area contributed by atoms with Gasteiger partial charge in [0.2, 0.25) is 5.91 Å². The molecule has 2 heterocycles. The Morgan fingerprint density at radius 2 is 2.07 bits per heavy atom. The molecular weight excluding hydrogens is 376 g/mol. The summed E-state index contributed by atoms with van der Waals surface area (Å²) in [5.74, 6) is 1.20. The van der Waals surface area contributed by atoms with Crippen molar-refractivity contribution in [3.8, 4) is 10.7 Å². The molecule has 27 heavy (non-hydrogen) atoms. The Kier molecular flexibility index (Phi) is 5.88. The summed E-state index contributed by atoms with van der Waals surface area (Å²) in [6.07, 6.45) is 8.45. The molecule has 1 atom stereocenters. The number of carbonyl (C=O) groups is 1. The molecule has 5 nitrogen and oxygen atoms in total. The molecule has 0 spiro atoms. The molecule has 2 aliphatic carbocycles. The van der Waals surface area contributed by atoms with Crippen LogP contribution in [0.3, 0.4) is 0 Å². The monoisotopic (exact) mass is 404 g/mol. The van der Waals surface area contributed by atoms with Gasteiger partial charge in [0, 0.05) is 18.6 Å². The number of thioether (sulfide) groups is 1. The number of nitrogens with zero attached hydrogens (tertiary/aromatic N) is 4. The fourth-order valence-electron chi connectivity index (χ4n) is 4.02. The quantitative estimate of drug-likeness (QED) is 0.609.